The van der Waals surface area contributed by atoms with E-state index in [0.29, 0.717) is 32.1 Å². The van der Waals surface area contributed by atoms with Gasteiger partial charge in [-0.3, -0.25) is 9.59 Å². The highest BCUT2D eigenvalue weighted by Crippen LogP contribution is 2.66. The molecule has 7 atom stereocenters. The number of alkyl halides is 1. The molecule has 3 saturated carbocycles. The van der Waals surface area contributed by atoms with Gasteiger partial charge in [-0.2, -0.15) is 0 Å². The lowest BCUT2D eigenvalue weighted by Gasteiger charge is -2.58. The molecular formula is C20H27FO4. The molecule has 0 radical (unpaired) electrons. The average molecular weight is 350 g/mol. The average Bonchev–Trinajstić information content (AvgIpc) is 2.91. The van der Waals surface area contributed by atoms with E-state index in [1.807, 2.05) is 6.92 Å². The van der Waals surface area contributed by atoms with Crippen molar-refractivity contribution in [3.63, 3.8) is 0 Å². The molecule has 4 aliphatic carbocycles. The third-order valence-corrected chi connectivity index (χ3v) is 7.90. The number of carbonyl (C=O) groups excluding carboxylic acids is 2. The topological polar surface area (TPSA) is 74.6 Å². The van der Waals surface area contributed by atoms with Gasteiger partial charge in [-0.1, -0.05) is 12.5 Å². The third kappa shape index (κ3) is 2.24. The van der Waals surface area contributed by atoms with Gasteiger partial charge in [0.15, 0.2) is 11.6 Å². The normalized spacial score (nSPS) is 49.0. The molecule has 3 fully saturated rings. The van der Waals surface area contributed by atoms with Crippen molar-refractivity contribution in [1.29, 1.82) is 0 Å². The van der Waals surface area contributed by atoms with Gasteiger partial charge >= 0.3 is 0 Å². The fourth-order valence-electron chi connectivity index (χ4n) is 6.82. The van der Waals surface area contributed by atoms with E-state index in [1.54, 1.807) is 6.08 Å². The van der Waals surface area contributed by atoms with Crippen molar-refractivity contribution < 1.29 is 24.2 Å². The Kier molecular flexibility index (Phi) is 3.97. The van der Waals surface area contributed by atoms with Crippen LogP contribution < -0.4 is 0 Å². The highest BCUT2D eigenvalue weighted by molar-refractivity contribution is 5.91. The Morgan fingerprint density at radius 1 is 1.24 bits per heavy atom. The van der Waals surface area contributed by atoms with Crippen molar-refractivity contribution in [3.8, 4) is 0 Å². The van der Waals surface area contributed by atoms with Gasteiger partial charge in [-0.25, -0.2) is 4.39 Å². The van der Waals surface area contributed by atoms with Gasteiger partial charge in [0.25, 0.3) is 0 Å². The second-order valence-corrected chi connectivity index (χ2v) is 8.84. The Balaban J connectivity index is 1.71. The van der Waals surface area contributed by atoms with E-state index in [4.69, 9.17) is 0 Å². The van der Waals surface area contributed by atoms with Crippen LogP contribution in [0, 0.1) is 29.1 Å². The molecule has 2 N–H and O–H groups in total. The first kappa shape index (κ1) is 17.3. The Hall–Kier alpha value is -1.07. The SMILES string of the molecule is C[C@]12C[C@@H](O)[C@]3(F)[C@H]4CCC(=O)C=C4CC[C@H]3[C@@H]1CC[C@@H]2C(=O)CO. The predicted octanol–water partition coefficient (Wildman–Crippen LogP) is 2.37. The van der Waals surface area contributed by atoms with Gasteiger partial charge in [0, 0.05) is 18.3 Å². The van der Waals surface area contributed by atoms with Crippen molar-refractivity contribution in [3.05, 3.63) is 11.6 Å². The second kappa shape index (κ2) is 5.71. The monoisotopic (exact) mass is 350 g/mol. The molecule has 5 heteroatoms. The van der Waals surface area contributed by atoms with Gasteiger partial charge in [0.05, 0.1) is 6.10 Å². The summed E-state index contributed by atoms with van der Waals surface area (Å²) in [5.74, 6) is -0.975. The van der Waals surface area contributed by atoms with E-state index in [-0.39, 0.29) is 41.7 Å². The fourth-order valence-corrected chi connectivity index (χ4v) is 6.82. The molecule has 0 bridgehead atoms. The van der Waals surface area contributed by atoms with Crippen molar-refractivity contribution in [2.45, 2.75) is 63.6 Å². The molecule has 0 aromatic rings. The van der Waals surface area contributed by atoms with Crippen LogP contribution in [0.3, 0.4) is 0 Å². The minimum absolute atomic E-state index is 0.0561. The number of fused-ring (bicyclic) bond motifs is 5. The largest absolute Gasteiger partial charge is 0.390 e. The number of allylic oxidation sites excluding steroid dienone is 1. The summed E-state index contributed by atoms with van der Waals surface area (Å²) in [6.45, 7) is 1.52. The number of hydrogen-bond donors (Lipinski definition) is 2. The summed E-state index contributed by atoms with van der Waals surface area (Å²) in [5, 5.41) is 20.2. The highest BCUT2D eigenvalue weighted by Gasteiger charge is 2.67. The summed E-state index contributed by atoms with van der Waals surface area (Å²) in [7, 11) is 0. The Morgan fingerprint density at radius 3 is 2.72 bits per heavy atom. The number of aliphatic hydroxyl groups excluding tert-OH is 2. The maximum absolute atomic E-state index is 16.4. The third-order valence-electron chi connectivity index (χ3n) is 7.90. The Bertz CT molecular complexity index is 644. The zero-order chi connectivity index (χ0) is 18.0. The molecule has 0 aliphatic heterocycles. The highest BCUT2D eigenvalue weighted by atomic mass is 19.1. The van der Waals surface area contributed by atoms with Crippen LogP contribution in [-0.4, -0.2) is 40.2 Å². The Morgan fingerprint density at radius 2 is 2.00 bits per heavy atom. The molecule has 4 rings (SSSR count). The summed E-state index contributed by atoms with van der Waals surface area (Å²) in [6.07, 6.45) is 4.38. The van der Waals surface area contributed by atoms with Crippen LogP contribution in [0.25, 0.3) is 0 Å². The molecule has 0 unspecified atom stereocenters. The smallest absolute Gasteiger partial charge is 0.161 e. The van der Waals surface area contributed by atoms with Gasteiger partial charge in [0.1, 0.15) is 12.3 Å². The lowest BCUT2D eigenvalue weighted by atomic mass is 9.48. The van der Waals surface area contributed by atoms with Gasteiger partial charge in [-0.05, 0) is 61.9 Å². The number of aliphatic hydroxyl groups is 2. The standard InChI is InChI=1S/C20H27FO4/c1-19-9-18(25)20(21)13-5-3-12(23)8-11(13)2-4-15(20)14(19)6-7-16(19)17(24)10-22/h8,13-16,18,22,25H,2-7,9-10H2,1H3/t13-,14-,15-,16+,18+,19-,20-/m0/s1. The quantitative estimate of drug-likeness (QED) is 0.802. The van der Waals surface area contributed by atoms with Crippen molar-refractivity contribution >= 4 is 11.6 Å². The number of halogens is 1. The van der Waals surface area contributed by atoms with Crippen molar-refractivity contribution in [2.75, 3.05) is 6.61 Å². The van der Waals surface area contributed by atoms with Crippen LogP contribution in [0.4, 0.5) is 4.39 Å². The summed E-state index contributed by atoms with van der Waals surface area (Å²) in [6, 6.07) is 0. The zero-order valence-electron chi connectivity index (χ0n) is 14.7. The van der Waals surface area contributed by atoms with Gasteiger partial charge < -0.3 is 10.2 Å². The molecule has 25 heavy (non-hydrogen) atoms. The number of Topliss-reactive ketones (excluding diaryl/α,β-unsaturated/α-hetero) is 1. The van der Waals surface area contributed by atoms with E-state index in [0.717, 1.165) is 12.0 Å². The van der Waals surface area contributed by atoms with Gasteiger partial charge in [0.2, 0.25) is 0 Å². The Labute approximate surface area is 147 Å². The van der Waals surface area contributed by atoms with Crippen LogP contribution in [-0.2, 0) is 9.59 Å². The molecule has 0 amide bonds. The molecule has 0 aromatic carbocycles. The van der Waals surface area contributed by atoms with Crippen LogP contribution >= 0.6 is 0 Å². The molecule has 0 spiro atoms. The minimum Gasteiger partial charge on any atom is -0.390 e. The maximum atomic E-state index is 16.4. The fraction of sp³-hybridized carbons (Fsp3) is 0.800. The number of hydrogen-bond acceptors (Lipinski definition) is 4. The molecule has 0 saturated heterocycles. The van der Waals surface area contributed by atoms with Crippen molar-refractivity contribution in [1.82, 2.24) is 0 Å². The predicted molar refractivity (Wildman–Crippen MR) is 89.4 cm³/mol. The summed E-state index contributed by atoms with van der Waals surface area (Å²) < 4.78 is 16.4. The molecule has 4 aliphatic rings. The first-order valence-electron chi connectivity index (χ1n) is 9.56. The van der Waals surface area contributed by atoms with E-state index in [2.05, 4.69) is 0 Å². The first-order valence-corrected chi connectivity index (χ1v) is 9.56. The molecule has 138 valence electrons. The zero-order valence-corrected chi connectivity index (χ0v) is 14.7. The summed E-state index contributed by atoms with van der Waals surface area (Å²) in [4.78, 5) is 23.9. The van der Waals surface area contributed by atoms with Crippen LogP contribution in [0.5, 0.6) is 0 Å². The van der Waals surface area contributed by atoms with E-state index < -0.39 is 23.8 Å². The van der Waals surface area contributed by atoms with Crippen LogP contribution in [0.2, 0.25) is 0 Å². The van der Waals surface area contributed by atoms with E-state index >= 15 is 4.39 Å². The lowest BCUT2D eigenvalue weighted by Crippen LogP contribution is -2.63. The second-order valence-electron chi connectivity index (χ2n) is 8.84. The summed E-state index contributed by atoms with van der Waals surface area (Å²) >= 11 is 0. The lowest BCUT2D eigenvalue weighted by molar-refractivity contribution is -0.183. The molecule has 4 nitrogen and oxygen atoms in total. The molecular weight excluding hydrogens is 323 g/mol. The van der Waals surface area contributed by atoms with Crippen LogP contribution in [0.1, 0.15) is 51.9 Å². The number of rotatable bonds is 2. The first-order chi connectivity index (χ1) is 11.8. The maximum Gasteiger partial charge on any atom is 0.161 e. The van der Waals surface area contributed by atoms with E-state index in [9.17, 15) is 19.8 Å². The van der Waals surface area contributed by atoms with Crippen molar-refractivity contribution in [2.24, 2.45) is 29.1 Å². The number of carbonyl (C=O) groups is 2. The van der Waals surface area contributed by atoms with Gasteiger partial charge in [-0.15, -0.1) is 0 Å². The molecule has 0 heterocycles. The molecule has 0 aromatic heterocycles. The number of ketones is 2. The van der Waals surface area contributed by atoms with E-state index in [1.165, 1.54) is 0 Å². The van der Waals surface area contributed by atoms with Crippen LogP contribution in [0.15, 0.2) is 11.6 Å². The minimum atomic E-state index is -1.69. The summed E-state index contributed by atoms with van der Waals surface area (Å²) in [5.41, 5.74) is -1.25.